The van der Waals surface area contributed by atoms with Gasteiger partial charge in [0.15, 0.2) is 0 Å². The van der Waals surface area contributed by atoms with Crippen LogP contribution in [0.1, 0.15) is 27.0 Å². The average molecular weight is 417 g/mol. The lowest BCUT2D eigenvalue weighted by Gasteiger charge is -2.26. The number of fused-ring (bicyclic) bond motifs is 1. The van der Waals surface area contributed by atoms with E-state index >= 15 is 0 Å². The van der Waals surface area contributed by atoms with Gasteiger partial charge in [-0.25, -0.2) is 0 Å². The molecule has 0 spiro atoms. The number of halogens is 1. The summed E-state index contributed by atoms with van der Waals surface area (Å²) in [5, 5.41) is 1.29. The zero-order valence-corrected chi connectivity index (χ0v) is 17.5. The van der Waals surface area contributed by atoms with Gasteiger partial charge in [-0.2, -0.15) is 0 Å². The number of rotatable bonds is 4. The molecule has 30 heavy (non-hydrogen) atoms. The van der Waals surface area contributed by atoms with Crippen molar-refractivity contribution in [1.29, 1.82) is 0 Å². The largest absolute Gasteiger partial charge is 0.322 e. The molecule has 0 saturated carbocycles. The molecule has 0 atom stereocenters. The van der Waals surface area contributed by atoms with Crippen LogP contribution in [0.15, 0.2) is 77.6 Å². The Bertz CT molecular complexity index is 1310. The van der Waals surface area contributed by atoms with Crippen LogP contribution >= 0.6 is 11.6 Å². The Hall–Kier alpha value is -3.37. The third-order valence-corrected chi connectivity index (χ3v) is 5.70. The van der Waals surface area contributed by atoms with Gasteiger partial charge in [0, 0.05) is 16.8 Å². The van der Waals surface area contributed by atoms with Crippen LogP contribution in [0.4, 0.5) is 5.69 Å². The number of benzene rings is 3. The van der Waals surface area contributed by atoms with E-state index in [0.29, 0.717) is 16.1 Å². The van der Waals surface area contributed by atoms with E-state index < -0.39 is 0 Å². The summed E-state index contributed by atoms with van der Waals surface area (Å²) in [4.78, 5) is 30.8. The van der Waals surface area contributed by atoms with Gasteiger partial charge in [-0.1, -0.05) is 54.1 Å². The molecule has 0 saturated heterocycles. The third kappa shape index (κ3) is 3.74. The number of pyridine rings is 1. The first kappa shape index (κ1) is 19.9. The van der Waals surface area contributed by atoms with Gasteiger partial charge in [0.2, 0.25) is 0 Å². The number of carbonyl (C=O) groups is 1. The molecule has 1 amide bonds. The first-order chi connectivity index (χ1) is 14.5. The predicted octanol–water partition coefficient (Wildman–Crippen LogP) is 5.65. The summed E-state index contributed by atoms with van der Waals surface area (Å²) in [6.45, 7) is 4.11. The monoisotopic (exact) mass is 416 g/mol. The predicted molar refractivity (Wildman–Crippen MR) is 122 cm³/mol. The topological polar surface area (TPSA) is 53.2 Å². The second kappa shape index (κ2) is 8.17. The van der Waals surface area contributed by atoms with Gasteiger partial charge in [0.05, 0.1) is 17.1 Å². The first-order valence-electron chi connectivity index (χ1n) is 9.69. The van der Waals surface area contributed by atoms with Gasteiger partial charge < -0.3 is 9.88 Å². The van der Waals surface area contributed by atoms with Crippen molar-refractivity contribution in [1.82, 2.24) is 4.98 Å². The van der Waals surface area contributed by atoms with E-state index in [0.717, 1.165) is 27.7 Å². The van der Waals surface area contributed by atoms with Crippen molar-refractivity contribution >= 4 is 34.1 Å². The van der Waals surface area contributed by atoms with Gasteiger partial charge in [-0.05, 0) is 60.7 Å². The van der Waals surface area contributed by atoms with Crippen LogP contribution in [0, 0.1) is 13.8 Å². The number of nitrogens with one attached hydrogen (secondary N) is 1. The number of aromatic amines is 1. The third-order valence-electron chi connectivity index (χ3n) is 5.38. The number of hydrogen-bond acceptors (Lipinski definition) is 2. The van der Waals surface area contributed by atoms with E-state index in [9.17, 15) is 9.59 Å². The molecule has 0 radical (unpaired) electrons. The Morgan fingerprint density at radius 1 is 0.967 bits per heavy atom. The summed E-state index contributed by atoms with van der Waals surface area (Å²) < 4.78 is 0. The second-order valence-electron chi connectivity index (χ2n) is 7.30. The first-order valence-corrected chi connectivity index (χ1v) is 10.1. The average Bonchev–Trinajstić information content (AvgIpc) is 2.74. The summed E-state index contributed by atoms with van der Waals surface area (Å²) in [5.74, 6) is -0.248. The highest BCUT2D eigenvalue weighted by Gasteiger charge is 2.23. The van der Waals surface area contributed by atoms with Crippen molar-refractivity contribution in [2.45, 2.75) is 20.4 Å². The van der Waals surface area contributed by atoms with Crippen molar-refractivity contribution in [2.75, 3.05) is 4.90 Å². The minimum absolute atomic E-state index is 0.133. The summed E-state index contributed by atoms with van der Waals surface area (Å²) in [5.41, 5.74) is 4.27. The number of carbonyl (C=O) groups excluding carboxylic acids is 1. The van der Waals surface area contributed by atoms with Gasteiger partial charge in [-0.15, -0.1) is 0 Å². The normalized spacial score (nSPS) is 10.9. The molecule has 4 aromatic rings. The molecule has 0 aliphatic carbocycles. The fourth-order valence-electron chi connectivity index (χ4n) is 3.55. The van der Waals surface area contributed by atoms with Gasteiger partial charge in [0.1, 0.15) is 0 Å². The number of amides is 1. The van der Waals surface area contributed by atoms with Crippen LogP contribution in [0.3, 0.4) is 0 Å². The van der Waals surface area contributed by atoms with Crippen molar-refractivity contribution in [3.05, 3.63) is 110 Å². The highest BCUT2D eigenvalue weighted by Crippen LogP contribution is 2.28. The fourth-order valence-corrected chi connectivity index (χ4v) is 3.77. The van der Waals surface area contributed by atoms with Crippen molar-refractivity contribution in [3.63, 3.8) is 0 Å². The maximum absolute atomic E-state index is 13.5. The minimum atomic E-state index is -0.248. The molecule has 1 heterocycles. The molecule has 0 aliphatic rings. The number of aromatic nitrogens is 1. The zero-order chi connectivity index (χ0) is 21.3. The smallest absolute Gasteiger partial charge is 0.260 e. The minimum Gasteiger partial charge on any atom is -0.322 e. The second-order valence-corrected chi connectivity index (χ2v) is 7.71. The molecule has 0 fully saturated rings. The maximum Gasteiger partial charge on any atom is 0.260 e. The standard InChI is InChI=1S/C25H21ClN2O2/c1-16-8-7-13-23(17(16)2)28(25(30)20-10-4-5-11-21(20)26)15-19-14-18-9-3-6-12-22(18)27-24(19)29/h3-14H,15H2,1-2H3,(H,27,29). The molecular weight excluding hydrogens is 396 g/mol. The van der Waals surface area contributed by atoms with Crippen LogP contribution in [0.5, 0.6) is 0 Å². The van der Waals surface area contributed by atoms with E-state index in [1.54, 1.807) is 29.2 Å². The Morgan fingerprint density at radius 3 is 2.50 bits per heavy atom. The van der Waals surface area contributed by atoms with Gasteiger partial charge >= 0.3 is 0 Å². The van der Waals surface area contributed by atoms with E-state index in [1.165, 1.54) is 0 Å². The van der Waals surface area contributed by atoms with E-state index in [4.69, 9.17) is 11.6 Å². The molecule has 3 aromatic carbocycles. The lowest BCUT2D eigenvalue weighted by atomic mass is 10.0. The van der Waals surface area contributed by atoms with Crippen LogP contribution < -0.4 is 10.5 Å². The zero-order valence-electron chi connectivity index (χ0n) is 16.8. The Morgan fingerprint density at radius 2 is 1.70 bits per heavy atom. The molecule has 4 nitrogen and oxygen atoms in total. The van der Waals surface area contributed by atoms with Crippen LogP contribution in [0.25, 0.3) is 10.9 Å². The van der Waals surface area contributed by atoms with Crippen molar-refractivity contribution < 1.29 is 4.79 Å². The van der Waals surface area contributed by atoms with E-state index in [1.807, 2.05) is 62.4 Å². The molecule has 1 N–H and O–H groups in total. The lowest BCUT2D eigenvalue weighted by molar-refractivity contribution is 0.0985. The van der Waals surface area contributed by atoms with E-state index in [2.05, 4.69) is 4.98 Å². The van der Waals surface area contributed by atoms with Crippen molar-refractivity contribution in [2.24, 2.45) is 0 Å². The molecule has 5 heteroatoms. The maximum atomic E-state index is 13.5. The molecule has 150 valence electrons. The molecule has 0 unspecified atom stereocenters. The fraction of sp³-hybridized carbons (Fsp3) is 0.120. The molecule has 1 aromatic heterocycles. The molecule has 0 bridgehead atoms. The Labute approximate surface area is 179 Å². The number of hydrogen-bond donors (Lipinski definition) is 1. The SMILES string of the molecule is Cc1cccc(N(Cc2cc3ccccc3[nH]c2=O)C(=O)c2ccccc2Cl)c1C. The highest BCUT2D eigenvalue weighted by atomic mass is 35.5. The Balaban J connectivity index is 1.85. The number of H-pyrrole nitrogens is 1. The quantitative estimate of drug-likeness (QED) is 0.467. The number of nitrogens with zero attached hydrogens (tertiary/aromatic N) is 1. The highest BCUT2D eigenvalue weighted by molar-refractivity contribution is 6.34. The number of para-hydroxylation sites is 1. The van der Waals surface area contributed by atoms with E-state index in [-0.39, 0.29) is 18.0 Å². The summed E-state index contributed by atoms with van der Waals surface area (Å²) in [6.07, 6.45) is 0. The van der Waals surface area contributed by atoms with Crippen molar-refractivity contribution in [3.8, 4) is 0 Å². The van der Waals surface area contributed by atoms with Crippen LogP contribution in [-0.4, -0.2) is 10.9 Å². The van der Waals surface area contributed by atoms with Crippen LogP contribution in [0.2, 0.25) is 5.02 Å². The van der Waals surface area contributed by atoms with Crippen LogP contribution in [-0.2, 0) is 6.54 Å². The number of anilines is 1. The summed E-state index contributed by atoms with van der Waals surface area (Å²) in [6, 6.07) is 22.2. The molecule has 4 rings (SSSR count). The Kier molecular flexibility index (Phi) is 5.42. The number of aryl methyl sites for hydroxylation is 1. The summed E-state index contributed by atoms with van der Waals surface area (Å²) >= 11 is 6.32. The lowest BCUT2D eigenvalue weighted by Crippen LogP contribution is -2.33. The molecule has 0 aliphatic heterocycles. The van der Waals surface area contributed by atoms with Gasteiger partial charge in [0.25, 0.3) is 11.5 Å². The van der Waals surface area contributed by atoms with Gasteiger partial charge in [-0.3, -0.25) is 9.59 Å². The molecular formula is C25H21ClN2O2. The summed E-state index contributed by atoms with van der Waals surface area (Å²) in [7, 11) is 0.